The summed E-state index contributed by atoms with van der Waals surface area (Å²) >= 11 is 0. The molecule has 0 fully saturated rings. The monoisotopic (exact) mass is 340 g/mol. The van der Waals surface area contributed by atoms with Gasteiger partial charge in [0.1, 0.15) is 0 Å². The first-order chi connectivity index (χ1) is 11.5. The van der Waals surface area contributed by atoms with Gasteiger partial charge in [0, 0.05) is 5.39 Å². The van der Waals surface area contributed by atoms with Crippen LogP contribution in [-0.4, -0.2) is 13.4 Å². The second kappa shape index (κ2) is 5.24. The lowest BCUT2D eigenvalue weighted by molar-refractivity contribution is 0.556. The van der Waals surface area contributed by atoms with Crippen molar-refractivity contribution in [1.82, 2.24) is 4.98 Å². The zero-order valence-electron chi connectivity index (χ0n) is 12.3. The molecule has 2 N–H and O–H groups in total. The van der Waals surface area contributed by atoms with Crippen LogP contribution in [0.3, 0.4) is 0 Å². The van der Waals surface area contributed by atoms with E-state index in [1.54, 1.807) is 36.4 Å². The normalized spacial score (nSPS) is 11.8. The van der Waals surface area contributed by atoms with Crippen LogP contribution in [0.4, 0.5) is 5.69 Å². The fourth-order valence-corrected chi connectivity index (χ4v) is 3.98. The van der Waals surface area contributed by atoms with Gasteiger partial charge in [-0.2, -0.15) is 0 Å². The van der Waals surface area contributed by atoms with Gasteiger partial charge in [-0.05, 0) is 23.6 Å². The fraction of sp³-hybridized carbons (Fsp3) is 0. The number of H-pyrrole nitrogens is 1. The largest absolute Gasteiger partial charge is 0.417 e. The second-order valence-corrected chi connectivity index (χ2v) is 6.93. The molecule has 4 rings (SSSR count). The minimum atomic E-state index is -3.85. The van der Waals surface area contributed by atoms with Crippen LogP contribution in [0.2, 0.25) is 0 Å². The van der Waals surface area contributed by atoms with Crippen molar-refractivity contribution in [2.75, 3.05) is 4.72 Å². The Morgan fingerprint density at radius 3 is 2.54 bits per heavy atom. The maximum absolute atomic E-state index is 12.8. The lowest BCUT2D eigenvalue weighted by Gasteiger charge is -2.10. The number of fused-ring (bicyclic) bond motifs is 2. The number of nitrogens with one attached hydrogen (secondary N) is 2. The molecule has 0 saturated heterocycles. The number of hydrogen-bond donors (Lipinski definition) is 2. The second-order valence-electron chi connectivity index (χ2n) is 5.28. The number of oxazole rings is 1. The minimum absolute atomic E-state index is 0.162. The van der Waals surface area contributed by atoms with Crippen LogP contribution in [-0.2, 0) is 10.0 Å². The molecule has 0 bridgehead atoms. The molecular weight excluding hydrogens is 328 g/mol. The van der Waals surface area contributed by atoms with E-state index in [-0.39, 0.29) is 16.2 Å². The summed E-state index contributed by atoms with van der Waals surface area (Å²) in [4.78, 5) is 14.0. The van der Waals surface area contributed by atoms with E-state index in [1.807, 2.05) is 18.2 Å². The highest BCUT2D eigenvalue weighted by Crippen LogP contribution is 2.27. The zero-order valence-corrected chi connectivity index (χ0v) is 13.1. The number of rotatable bonds is 3. The number of sulfonamides is 1. The molecule has 0 unspecified atom stereocenters. The molecule has 0 aliphatic rings. The van der Waals surface area contributed by atoms with Gasteiger partial charge in [-0.25, -0.2) is 13.2 Å². The van der Waals surface area contributed by atoms with Crippen molar-refractivity contribution in [2.24, 2.45) is 0 Å². The van der Waals surface area contributed by atoms with Gasteiger partial charge in [0.25, 0.3) is 10.0 Å². The minimum Gasteiger partial charge on any atom is -0.406 e. The first kappa shape index (κ1) is 14.5. The van der Waals surface area contributed by atoms with Gasteiger partial charge >= 0.3 is 5.76 Å². The van der Waals surface area contributed by atoms with Crippen molar-refractivity contribution in [1.29, 1.82) is 0 Å². The predicted octanol–water partition coefficient (Wildman–Crippen LogP) is 3.08. The van der Waals surface area contributed by atoms with E-state index in [0.29, 0.717) is 10.9 Å². The average molecular weight is 340 g/mol. The molecule has 1 heterocycles. The summed E-state index contributed by atoms with van der Waals surface area (Å²) in [6.45, 7) is 0. The van der Waals surface area contributed by atoms with E-state index in [0.717, 1.165) is 5.39 Å². The molecule has 4 aromatic rings. The highest BCUT2D eigenvalue weighted by molar-refractivity contribution is 7.93. The first-order valence-corrected chi connectivity index (χ1v) is 8.65. The molecule has 0 atom stereocenters. The zero-order chi connectivity index (χ0) is 16.7. The summed E-state index contributed by atoms with van der Waals surface area (Å²) in [5.74, 6) is -0.637. The molecule has 1 aromatic heterocycles. The highest BCUT2D eigenvalue weighted by Gasteiger charge is 2.19. The van der Waals surface area contributed by atoms with Crippen LogP contribution in [0.5, 0.6) is 0 Å². The quantitative estimate of drug-likeness (QED) is 0.599. The number of anilines is 1. The summed E-state index contributed by atoms with van der Waals surface area (Å²) in [6.07, 6.45) is 0. The molecule has 3 aromatic carbocycles. The number of para-hydroxylation sites is 1. The van der Waals surface area contributed by atoms with Crippen LogP contribution < -0.4 is 10.5 Å². The number of benzene rings is 3. The first-order valence-electron chi connectivity index (χ1n) is 7.17. The van der Waals surface area contributed by atoms with E-state index in [9.17, 15) is 13.2 Å². The maximum atomic E-state index is 12.8. The van der Waals surface area contributed by atoms with Crippen molar-refractivity contribution in [3.8, 4) is 0 Å². The van der Waals surface area contributed by atoms with E-state index in [4.69, 9.17) is 4.42 Å². The van der Waals surface area contributed by atoms with E-state index in [1.165, 1.54) is 6.07 Å². The molecule has 6 nitrogen and oxygen atoms in total. The van der Waals surface area contributed by atoms with Crippen LogP contribution in [0.25, 0.3) is 21.9 Å². The van der Waals surface area contributed by atoms with Gasteiger partial charge in [0.15, 0.2) is 5.58 Å². The molecule has 0 aliphatic carbocycles. The third-order valence-corrected chi connectivity index (χ3v) is 5.15. The Bertz CT molecular complexity index is 1220. The fourth-order valence-electron chi connectivity index (χ4n) is 2.68. The summed E-state index contributed by atoms with van der Waals surface area (Å²) in [5, 5.41) is 1.45. The highest BCUT2D eigenvalue weighted by atomic mass is 32.2. The topological polar surface area (TPSA) is 92.2 Å². The maximum Gasteiger partial charge on any atom is 0.417 e. The Kier molecular flexibility index (Phi) is 3.17. The van der Waals surface area contributed by atoms with Gasteiger partial charge < -0.3 is 4.42 Å². The molecule has 0 spiro atoms. The van der Waals surface area contributed by atoms with E-state index in [2.05, 4.69) is 9.71 Å². The van der Waals surface area contributed by atoms with Crippen molar-refractivity contribution in [2.45, 2.75) is 4.90 Å². The Hall–Kier alpha value is -3.06. The van der Waals surface area contributed by atoms with Crippen molar-refractivity contribution < 1.29 is 12.8 Å². The number of hydrogen-bond acceptors (Lipinski definition) is 4. The lowest BCUT2D eigenvalue weighted by Crippen LogP contribution is -2.13. The van der Waals surface area contributed by atoms with Gasteiger partial charge in [-0.1, -0.05) is 42.5 Å². The molecule has 0 aliphatic heterocycles. The van der Waals surface area contributed by atoms with Gasteiger partial charge in [0.05, 0.1) is 16.1 Å². The Labute approximate surface area is 136 Å². The Balaban J connectivity index is 1.87. The molecule has 120 valence electrons. The van der Waals surface area contributed by atoms with Crippen LogP contribution >= 0.6 is 0 Å². The van der Waals surface area contributed by atoms with Crippen molar-refractivity contribution in [3.05, 3.63) is 71.2 Å². The summed E-state index contributed by atoms with van der Waals surface area (Å²) in [7, 11) is -3.85. The number of aromatic amines is 1. The van der Waals surface area contributed by atoms with Crippen LogP contribution in [0.1, 0.15) is 0 Å². The molecule has 7 heteroatoms. The lowest BCUT2D eigenvalue weighted by atomic mass is 10.1. The third kappa shape index (κ3) is 2.35. The predicted molar refractivity (Wildman–Crippen MR) is 91.6 cm³/mol. The Morgan fingerprint density at radius 2 is 1.67 bits per heavy atom. The average Bonchev–Trinajstić information content (AvgIpc) is 2.95. The van der Waals surface area contributed by atoms with Gasteiger partial charge in [-0.15, -0.1) is 0 Å². The van der Waals surface area contributed by atoms with E-state index < -0.39 is 15.8 Å². The smallest absolute Gasteiger partial charge is 0.406 e. The SMILES string of the molecule is O=c1[nH]c2cccc(NS(=O)(=O)c3cccc4ccccc34)c2o1. The van der Waals surface area contributed by atoms with Crippen LogP contribution in [0, 0.1) is 0 Å². The Morgan fingerprint density at radius 1 is 0.917 bits per heavy atom. The number of aromatic nitrogens is 1. The summed E-state index contributed by atoms with van der Waals surface area (Å²) < 4.78 is 33.2. The molecule has 0 radical (unpaired) electrons. The van der Waals surface area contributed by atoms with Gasteiger partial charge in [0.2, 0.25) is 0 Å². The van der Waals surface area contributed by atoms with Crippen molar-refractivity contribution in [3.63, 3.8) is 0 Å². The molecule has 24 heavy (non-hydrogen) atoms. The van der Waals surface area contributed by atoms with Crippen molar-refractivity contribution >= 4 is 37.6 Å². The molecule has 0 saturated carbocycles. The molecular formula is C17H12N2O4S. The summed E-state index contributed by atoms with van der Waals surface area (Å²) in [6, 6.07) is 17.1. The standard InChI is InChI=1S/C17H12N2O4S/c20-17-18-13-8-4-9-14(16(13)23-17)19-24(21,22)15-10-3-6-11-5-1-2-7-12(11)15/h1-10,19H,(H,18,20). The van der Waals surface area contributed by atoms with E-state index >= 15 is 0 Å². The third-order valence-electron chi connectivity index (χ3n) is 3.73. The van der Waals surface area contributed by atoms with Crippen LogP contribution in [0.15, 0.2) is 74.8 Å². The summed E-state index contributed by atoms with van der Waals surface area (Å²) in [5.41, 5.74) is 0.809. The van der Waals surface area contributed by atoms with Gasteiger partial charge in [-0.3, -0.25) is 9.71 Å². The molecule has 0 amide bonds.